The molecule has 0 saturated carbocycles. The second kappa shape index (κ2) is 9.42. The second-order valence-electron chi connectivity index (χ2n) is 8.60. The molecule has 1 amide bonds. The summed E-state index contributed by atoms with van der Waals surface area (Å²) in [6, 6.07) is 2.59. The van der Waals surface area contributed by atoms with E-state index in [1.54, 1.807) is 0 Å². The molecule has 6 nitrogen and oxygen atoms in total. The van der Waals surface area contributed by atoms with Crippen molar-refractivity contribution in [3.8, 4) is 0 Å². The van der Waals surface area contributed by atoms with Gasteiger partial charge in [0.05, 0.1) is 5.56 Å². The Hall–Kier alpha value is -1.37. The van der Waals surface area contributed by atoms with Crippen LogP contribution in [-0.4, -0.2) is 89.2 Å². The van der Waals surface area contributed by atoms with Gasteiger partial charge >= 0.3 is 0 Å². The molecular formula is C22H38N4O2. The Morgan fingerprint density at radius 3 is 2.50 bits per heavy atom. The summed E-state index contributed by atoms with van der Waals surface area (Å²) in [5.74, 6) is 0.626. The van der Waals surface area contributed by atoms with Crippen LogP contribution >= 0.6 is 0 Å². The van der Waals surface area contributed by atoms with E-state index in [0.29, 0.717) is 12.0 Å². The third kappa shape index (κ3) is 4.44. The maximum atomic E-state index is 13.3. The number of piperidine rings is 1. The fourth-order valence-corrected chi connectivity index (χ4v) is 5.15. The summed E-state index contributed by atoms with van der Waals surface area (Å²) >= 11 is 0. The molecule has 2 aliphatic heterocycles. The third-order valence-corrected chi connectivity index (χ3v) is 6.84. The van der Waals surface area contributed by atoms with Gasteiger partial charge in [0.2, 0.25) is 0 Å². The fourth-order valence-electron chi connectivity index (χ4n) is 5.15. The number of aliphatic hydroxyl groups is 1. The van der Waals surface area contributed by atoms with Crippen molar-refractivity contribution < 1.29 is 9.90 Å². The predicted octanol–water partition coefficient (Wildman–Crippen LogP) is 1.98. The summed E-state index contributed by atoms with van der Waals surface area (Å²) in [7, 11) is 2.19. The first kappa shape index (κ1) is 21.3. The fraction of sp³-hybridized carbons (Fsp3) is 0.773. The van der Waals surface area contributed by atoms with Gasteiger partial charge in [0.25, 0.3) is 5.91 Å². The molecule has 1 aromatic heterocycles. The third-order valence-electron chi connectivity index (χ3n) is 6.84. The van der Waals surface area contributed by atoms with E-state index < -0.39 is 0 Å². The number of carbonyl (C=O) groups excluding carboxylic acids is 1. The molecule has 0 radical (unpaired) electrons. The number of aromatic nitrogens is 1. The molecule has 2 fully saturated rings. The molecule has 6 heteroatoms. The van der Waals surface area contributed by atoms with E-state index in [0.717, 1.165) is 82.0 Å². The van der Waals surface area contributed by atoms with Gasteiger partial charge in [0, 0.05) is 69.8 Å². The number of likely N-dealkylation sites (N-methyl/N-ethyl adjacent to an activating group) is 1. The molecule has 3 rings (SSSR count). The lowest BCUT2D eigenvalue weighted by molar-refractivity contribution is 0.0217. The Labute approximate surface area is 170 Å². The van der Waals surface area contributed by atoms with Crippen molar-refractivity contribution >= 4 is 5.91 Å². The average molecular weight is 391 g/mol. The Bertz CT molecular complexity index is 664. The van der Waals surface area contributed by atoms with Crippen LogP contribution in [0.2, 0.25) is 0 Å². The molecule has 3 heterocycles. The van der Waals surface area contributed by atoms with Crippen molar-refractivity contribution in [1.29, 1.82) is 0 Å². The number of hydrogen-bond donors (Lipinski definition) is 1. The van der Waals surface area contributed by atoms with Crippen LogP contribution in [0.5, 0.6) is 0 Å². The maximum Gasteiger partial charge on any atom is 0.255 e. The molecule has 1 N–H and O–H groups in total. The van der Waals surface area contributed by atoms with Crippen LogP contribution < -0.4 is 0 Å². The van der Waals surface area contributed by atoms with Crippen molar-refractivity contribution in [3.63, 3.8) is 0 Å². The average Bonchev–Trinajstić information content (AvgIpc) is 2.99. The van der Waals surface area contributed by atoms with Crippen molar-refractivity contribution in [2.45, 2.75) is 52.6 Å². The van der Waals surface area contributed by atoms with Gasteiger partial charge in [-0.3, -0.25) is 9.69 Å². The lowest BCUT2D eigenvalue weighted by Gasteiger charge is -2.46. The summed E-state index contributed by atoms with van der Waals surface area (Å²) in [4.78, 5) is 20.4. The number of aliphatic hydroxyl groups excluding tert-OH is 1. The van der Waals surface area contributed by atoms with Crippen LogP contribution in [0.15, 0.2) is 6.07 Å². The largest absolute Gasteiger partial charge is 0.396 e. The molecule has 2 aliphatic rings. The highest BCUT2D eigenvalue weighted by atomic mass is 16.3. The summed E-state index contributed by atoms with van der Waals surface area (Å²) in [6.07, 6.45) is 2.85. The van der Waals surface area contributed by atoms with Gasteiger partial charge in [-0.1, -0.05) is 0 Å². The van der Waals surface area contributed by atoms with Crippen molar-refractivity contribution in [3.05, 3.63) is 23.0 Å². The van der Waals surface area contributed by atoms with Crippen LogP contribution in [0.3, 0.4) is 0 Å². The Balaban J connectivity index is 1.72. The number of piperazine rings is 1. The first-order valence-corrected chi connectivity index (χ1v) is 11.0. The number of hydrogen-bond acceptors (Lipinski definition) is 4. The highest BCUT2D eigenvalue weighted by molar-refractivity contribution is 5.95. The highest BCUT2D eigenvalue weighted by Crippen LogP contribution is 2.29. The van der Waals surface area contributed by atoms with E-state index in [1.807, 2.05) is 0 Å². The van der Waals surface area contributed by atoms with Crippen LogP contribution in [0, 0.1) is 19.8 Å². The zero-order valence-corrected chi connectivity index (χ0v) is 18.2. The first-order valence-electron chi connectivity index (χ1n) is 11.0. The number of aryl methyl sites for hydroxylation is 1. The Morgan fingerprint density at radius 1 is 1.18 bits per heavy atom. The van der Waals surface area contributed by atoms with Gasteiger partial charge in [-0.25, -0.2) is 0 Å². The normalized spacial score (nSPS) is 24.7. The van der Waals surface area contributed by atoms with Crippen LogP contribution in [-0.2, 0) is 6.54 Å². The smallest absolute Gasteiger partial charge is 0.255 e. The van der Waals surface area contributed by atoms with E-state index in [1.165, 1.54) is 0 Å². The predicted molar refractivity (Wildman–Crippen MR) is 113 cm³/mol. The second-order valence-corrected chi connectivity index (χ2v) is 8.60. The van der Waals surface area contributed by atoms with Crippen LogP contribution in [0.1, 0.15) is 47.9 Å². The zero-order chi connectivity index (χ0) is 20.3. The summed E-state index contributed by atoms with van der Waals surface area (Å²) < 4.78 is 2.22. The molecule has 0 aromatic carbocycles. The van der Waals surface area contributed by atoms with Crippen molar-refractivity contribution in [2.75, 3.05) is 52.9 Å². The van der Waals surface area contributed by atoms with Gasteiger partial charge in [-0.15, -0.1) is 0 Å². The van der Waals surface area contributed by atoms with Crippen molar-refractivity contribution in [2.24, 2.45) is 5.92 Å². The molecule has 1 aromatic rings. The highest BCUT2D eigenvalue weighted by Gasteiger charge is 2.36. The number of likely N-dealkylation sites (tertiary alicyclic amines) is 1. The molecule has 0 bridgehead atoms. The molecule has 2 saturated heterocycles. The van der Waals surface area contributed by atoms with Gasteiger partial charge < -0.3 is 19.5 Å². The Morgan fingerprint density at radius 2 is 1.89 bits per heavy atom. The number of nitrogens with zero attached hydrogens (tertiary/aromatic N) is 4. The van der Waals surface area contributed by atoms with E-state index in [-0.39, 0.29) is 12.5 Å². The molecule has 0 aliphatic carbocycles. The van der Waals surface area contributed by atoms with E-state index >= 15 is 0 Å². The minimum absolute atomic E-state index is 0.179. The molecule has 2 atom stereocenters. The van der Waals surface area contributed by atoms with Crippen LogP contribution in [0.25, 0.3) is 0 Å². The van der Waals surface area contributed by atoms with E-state index in [2.05, 4.69) is 53.2 Å². The Kier molecular flexibility index (Phi) is 7.18. The SMILES string of the molecule is CCn1c(C)cc(C(=O)N2CCC(N3CCN(C)CC3)C(CCCO)C2)c1C. The van der Waals surface area contributed by atoms with Crippen LogP contribution in [0.4, 0.5) is 0 Å². The lowest BCUT2D eigenvalue weighted by atomic mass is 9.86. The number of amides is 1. The van der Waals surface area contributed by atoms with Gasteiger partial charge in [-0.05, 0) is 59.1 Å². The van der Waals surface area contributed by atoms with Gasteiger partial charge in [0.1, 0.15) is 0 Å². The van der Waals surface area contributed by atoms with Gasteiger partial charge in [-0.2, -0.15) is 0 Å². The summed E-state index contributed by atoms with van der Waals surface area (Å²) in [5, 5.41) is 9.37. The molecule has 2 unspecified atom stereocenters. The minimum Gasteiger partial charge on any atom is -0.396 e. The van der Waals surface area contributed by atoms with E-state index in [9.17, 15) is 9.90 Å². The quantitative estimate of drug-likeness (QED) is 0.807. The molecular weight excluding hydrogens is 352 g/mol. The zero-order valence-electron chi connectivity index (χ0n) is 18.2. The minimum atomic E-state index is 0.179. The molecule has 0 spiro atoms. The molecule has 158 valence electrons. The monoisotopic (exact) mass is 390 g/mol. The van der Waals surface area contributed by atoms with Gasteiger partial charge in [0.15, 0.2) is 0 Å². The summed E-state index contributed by atoms with van der Waals surface area (Å²) in [5.41, 5.74) is 3.10. The number of rotatable bonds is 6. The summed E-state index contributed by atoms with van der Waals surface area (Å²) in [6.45, 7) is 13.5. The maximum absolute atomic E-state index is 13.3. The molecule has 28 heavy (non-hydrogen) atoms. The van der Waals surface area contributed by atoms with Crippen molar-refractivity contribution in [1.82, 2.24) is 19.3 Å². The van der Waals surface area contributed by atoms with E-state index in [4.69, 9.17) is 0 Å². The standard InChI is InChI=1S/C22H38N4O2/c1-5-26-17(2)15-20(18(26)3)22(28)25-9-8-21(19(16-25)7-6-14-27)24-12-10-23(4)11-13-24/h15,19,21,27H,5-14,16H2,1-4H3. The topological polar surface area (TPSA) is 52.0 Å². The lowest BCUT2D eigenvalue weighted by Crippen LogP contribution is -2.57. The first-order chi connectivity index (χ1) is 13.5. The number of carbonyl (C=O) groups is 1.